The van der Waals surface area contributed by atoms with Crippen LogP contribution < -0.4 is 5.32 Å². The van der Waals surface area contributed by atoms with Gasteiger partial charge in [-0.2, -0.15) is 0 Å². The van der Waals surface area contributed by atoms with Gasteiger partial charge in [-0.05, 0) is 67.9 Å². The second-order valence-corrected chi connectivity index (χ2v) is 12.6. The number of phosphoric acid groups is 1. The quantitative estimate of drug-likeness (QED) is 0.169. The number of nitrogens with one attached hydrogen (secondary N) is 1. The summed E-state index contributed by atoms with van der Waals surface area (Å²) in [6.07, 6.45) is -1.49. The number of benzene rings is 1. The van der Waals surface area contributed by atoms with Crippen molar-refractivity contribution in [1.82, 2.24) is 5.32 Å². The van der Waals surface area contributed by atoms with E-state index in [1.165, 1.54) is 0 Å². The minimum Gasteiger partial charge on any atom is -0.460 e. The van der Waals surface area contributed by atoms with E-state index >= 15 is 0 Å². The number of hydrogen-bond acceptors (Lipinski definition) is 10. The number of amides is 1. The molecule has 1 N–H and O–H groups in total. The Balaban J connectivity index is 2.87. The Hall–Kier alpha value is -2.46. The number of ether oxygens (including phenoxy) is 3. The molecule has 0 saturated carbocycles. The molecule has 0 heterocycles. The maximum absolute atomic E-state index is 13.1. The van der Waals surface area contributed by atoms with Gasteiger partial charge in [-0.1, -0.05) is 30.3 Å². The van der Waals surface area contributed by atoms with Crippen LogP contribution in [-0.4, -0.2) is 47.7 Å². The summed E-state index contributed by atoms with van der Waals surface area (Å²) in [7, 11) is -4.16. The molecular weight excluding hydrogens is 505 g/mol. The minimum atomic E-state index is -4.16. The summed E-state index contributed by atoms with van der Waals surface area (Å²) in [4.78, 5) is 37.4. The zero-order chi connectivity index (χ0) is 28.5. The standard InChI is InChI=1S/C25H40NO10P/c1-23(2,3)34-20(27)15-19(26-22(29)31-16-18-13-11-10-12-14-18)21(28)32-17-33-37(30,35-24(4,5)6)36-25(7,8)9/h10-14,19H,15-17H2,1-9H3,(H,26,29)/t19-/m0/s1. The summed E-state index contributed by atoms with van der Waals surface area (Å²) in [6, 6.07) is 7.43. The van der Waals surface area contributed by atoms with E-state index in [4.69, 9.17) is 27.8 Å². The molecule has 37 heavy (non-hydrogen) atoms. The number of alkyl carbamates (subject to hydrolysis) is 1. The van der Waals surface area contributed by atoms with Crippen molar-refractivity contribution >= 4 is 25.9 Å². The SMILES string of the molecule is CC(C)(C)OC(=O)C[C@H](NC(=O)OCc1ccccc1)C(=O)OCOP(=O)(OC(C)(C)C)OC(C)(C)C. The molecule has 1 atom stereocenters. The first-order valence-electron chi connectivity index (χ1n) is 11.8. The van der Waals surface area contributed by atoms with Crippen LogP contribution in [0.15, 0.2) is 30.3 Å². The van der Waals surface area contributed by atoms with E-state index in [1.54, 1.807) is 86.6 Å². The van der Waals surface area contributed by atoms with Gasteiger partial charge in [0.05, 0.1) is 17.6 Å². The second-order valence-electron chi connectivity index (χ2n) is 11.1. The van der Waals surface area contributed by atoms with E-state index in [9.17, 15) is 18.9 Å². The number of hydrogen-bond donors (Lipinski definition) is 1. The Morgan fingerprint density at radius 3 is 1.86 bits per heavy atom. The highest BCUT2D eigenvalue weighted by atomic mass is 31.2. The van der Waals surface area contributed by atoms with Gasteiger partial charge in [0.2, 0.25) is 6.79 Å². The van der Waals surface area contributed by atoms with Crippen LogP contribution in [0.1, 0.15) is 74.3 Å². The Morgan fingerprint density at radius 2 is 1.38 bits per heavy atom. The number of esters is 2. The maximum Gasteiger partial charge on any atom is 0.478 e. The maximum atomic E-state index is 13.1. The summed E-state index contributed by atoms with van der Waals surface area (Å²) in [5.74, 6) is -1.79. The third-order valence-electron chi connectivity index (χ3n) is 3.76. The van der Waals surface area contributed by atoms with Crippen molar-refractivity contribution in [3.8, 4) is 0 Å². The lowest BCUT2D eigenvalue weighted by molar-refractivity contribution is -0.163. The van der Waals surface area contributed by atoms with Crippen molar-refractivity contribution in [2.45, 2.75) is 98.2 Å². The smallest absolute Gasteiger partial charge is 0.460 e. The molecule has 0 aliphatic heterocycles. The number of rotatable bonds is 11. The predicted molar refractivity (Wildman–Crippen MR) is 135 cm³/mol. The normalized spacial score (nSPS) is 13.4. The molecule has 0 radical (unpaired) electrons. The first-order chi connectivity index (χ1) is 16.8. The first kappa shape index (κ1) is 32.6. The zero-order valence-corrected chi connectivity index (χ0v) is 24.0. The van der Waals surface area contributed by atoms with E-state index in [2.05, 4.69) is 5.32 Å². The average Bonchev–Trinajstić information content (AvgIpc) is 2.68. The van der Waals surface area contributed by atoms with Gasteiger partial charge in [-0.25, -0.2) is 18.7 Å². The molecule has 0 spiro atoms. The first-order valence-corrected chi connectivity index (χ1v) is 13.2. The average molecular weight is 546 g/mol. The van der Waals surface area contributed by atoms with Crippen LogP contribution >= 0.6 is 7.82 Å². The molecule has 0 aromatic heterocycles. The molecule has 0 fully saturated rings. The van der Waals surface area contributed by atoms with E-state index in [-0.39, 0.29) is 6.61 Å². The Bertz CT molecular complexity index is 925. The summed E-state index contributed by atoms with van der Waals surface area (Å²) in [5, 5.41) is 2.30. The summed E-state index contributed by atoms with van der Waals surface area (Å²) < 4.78 is 44.7. The van der Waals surface area contributed by atoms with Crippen molar-refractivity contribution in [1.29, 1.82) is 0 Å². The Labute approximate surface area is 219 Å². The van der Waals surface area contributed by atoms with Crippen LogP contribution in [0, 0.1) is 0 Å². The predicted octanol–water partition coefficient (Wildman–Crippen LogP) is 5.27. The van der Waals surface area contributed by atoms with Crippen LogP contribution in [0.3, 0.4) is 0 Å². The van der Waals surface area contributed by atoms with Crippen molar-refractivity contribution in [2.75, 3.05) is 6.79 Å². The fraction of sp³-hybridized carbons (Fsp3) is 0.640. The van der Waals surface area contributed by atoms with Gasteiger partial charge < -0.3 is 19.5 Å². The van der Waals surface area contributed by atoms with Crippen LogP contribution in [0.4, 0.5) is 4.79 Å². The Kier molecular flexibility index (Phi) is 11.8. The third-order valence-corrected chi connectivity index (χ3v) is 5.73. The van der Waals surface area contributed by atoms with E-state index in [1.807, 2.05) is 6.07 Å². The molecule has 0 saturated heterocycles. The van der Waals surface area contributed by atoms with Gasteiger partial charge in [0.1, 0.15) is 18.2 Å². The molecule has 1 amide bonds. The van der Waals surface area contributed by atoms with Crippen molar-refractivity contribution < 1.29 is 46.7 Å². The zero-order valence-electron chi connectivity index (χ0n) is 23.1. The number of carbonyl (C=O) groups is 3. The minimum absolute atomic E-state index is 0.0541. The third kappa shape index (κ3) is 15.4. The monoisotopic (exact) mass is 545 g/mol. The summed E-state index contributed by atoms with van der Waals surface area (Å²) in [6.45, 7) is 14.0. The molecule has 0 bridgehead atoms. The largest absolute Gasteiger partial charge is 0.478 e. The molecule has 0 unspecified atom stereocenters. The van der Waals surface area contributed by atoms with Gasteiger partial charge in [-0.15, -0.1) is 0 Å². The topological polar surface area (TPSA) is 136 Å². The highest BCUT2D eigenvalue weighted by molar-refractivity contribution is 7.48. The molecule has 210 valence electrons. The van der Waals surface area contributed by atoms with E-state index in [0.29, 0.717) is 0 Å². The van der Waals surface area contributed by atoms with Gasteiger partial charge in [-0.3, -0.25) is 13.8 Å². The van der Waals surface area contributed by atoms with Gasteiger partial charge in [0.25, 0.3) is 0 Å². The van der Waals surface area contributed by atoms with Crippen LogP contribution in [0.5, 0.6) is 0 Å². The molecule has 11 nitrogen and oxygen atoms in total. The highest BCUT2D eigenvalue weighted by Crippen LogP contribution is 2.55. The fourth-order valence-corrected chi connectivity index (χ4v) is 4.31. The lowest BCUT2D eigenvalue weighted by Gasteiger charge is -2.30. The van der Waals surface area contributed by atoms with E-state index < -0.39 is 61.9 Å². The second kappa shape index (κ2) is 13.4. The Morgan fingerprint density at radius 1 is 0.838 bits per heavy atom. The van der Waals surface area contributed by atoms with Gasteiger partial charge in [0, 0.05) is 0 Å². The fourth-order valence-electron chi connectivity index (χ4n) is 2.64. The van der Waals surface area contributed by atoms with Crippen LogP contribution in [-0.2, 0) is 48.5 Å². The number of phosphoric ester groups is 1. The number of carbonyl (C=O) groups excluding carboxylic acids is 3. The molecule has 1 aromatic carbocycles. The molecule has 0 aliphatic carbocycles. The highest BCUT2D eigenvalue weighted by Gasteiger charge is 2.38. The molecule has 12 heteroatoms. The van der Waals surface area contributed by atoms with Gasteiger partial charge >= 0.3 is 25.9 Å². The van der Waals surface area contributed by atoms with Crippen molar-refractivity contribution in [2.24, 2.45) is 0 Å². The summed E-state index contributed by atoms with van der Waals surface area (Å²) in [5.41, 5.74) is -1.88. The van der Waals surface area contributed by atoms with Crippen molar-refractivity contribution in [3.05, 3.63) is 35.9 Å². The van der Waals surface area contributed by atoms with E-state index in [0.717, 1.165) is 5.56 Å². The molecular formula is C25H40NO10P. The summed E-state index contributed by atoms with van der Waals surface area (Å²) >= 11 is 0. The van der Waals surface area contributed by atoms with Gasteiger partial charge in [0.15, 0.2) is 0 Å². The molecule has 0 aliphatic rings. The van der Waals surface area contributed by atoms with Crippen LogP contribution in [0.2, 0.25) is 0 Å². The van der Waals surface area contributed by atoms with Crippen LogP contribution in [0.25, 0.3) is 0 Å². The lowest BCUT2D eigenvalue weighted by Crippen LogP contribution is -2.44. The van der Waals surface area contributed by atoms with Crippen molar-refractivity contribution in [3.63, 3.8) is 0 Å². The molecule has 1 rings (SSSR count). The lowest BCUT2D eigenvalue weighted by atomic mass is 10.1. The molecule has 1 aromatic rings.